The Morgan fingerprint density at radius 3 is 3.00 bits per heavy atom. The normalized spacial score (nSPS) is 20.7. The molecule has 0 radical (unpaired) electrons. The smallest absolute Gasteiger partial charge is 0.176 e. The van der Waals surface area contributed by atoms with E-state index in [0.717, 1.165) is 19.5 Å². The quantitative estimate of drug-likeness (QED) is 0.803. The molecule has 3 nitrogen and oxygen atoms in total. The molecule has 17 heavy (non-hydrogen) atoms. The zero-order valence-electron chi connectivity index (χ0n) is 9.60. The maximum atomic E-state index is 13.0. The first-order valence-electron chi connectivity index (χ1n) is 5.81. The van der Waals surface area contributed by atoms with E-state index in [2.05, 4.69) is 0 Å². The summed E-state index contributed by atoms with van der Waals surface area (Å²) in [6.07, 6.45) is 0.924. The number of halogens is 1. The molecule has 1 aliphatic heterocycles. The Balaban J connectivity index is 1.94. The first-order chi connectivity index (χ1) is 8.19. The highest BCUT2D eigenvalue weighted by Gasteiger charge is 2.23. The highest BCUT2D eigenvalue weighted by Crippen LogP contribution is 2.16. The van der Waals surface area contributed by atoms with Gasteiger partial charge in [0, 0.05) is 18.7 Å². The molecule has 0 aromatic heterocycles. The standard InChI is InChI=1S/C13H16FNO2/c14-12-3-1-2-11(6-12)13(17)8-15-5-4-10(7-15)9-16/h1-3,6,10,16H,4-5,7-9H2. The van der Waals surface area contributed by atoms with E-state index in [1.807, 2.05) is 4.90 Å². The molecule has 1 aromatic rings. The molecule has 1 saturated heterocycles. The van der Waals surface area contributed by atoms with Crippen LogP contribution >= 0.6 is 0 Å². The molecule has 1 fully saturated rings. The van der Waals surface area contributed by atoms with E-state index >= 15 is 0 Å². The predicted octanol–water partition coefficient (Wildman–Crippen LogP) is 1.32. The zero-order chi connectivity index (χ0) is 12.3. The molecule has 0 amide bonds. The summed E-state index contributed by atoms with van der Waals surface area (Å²) < 4.78 is 13.0. The first kappa shape index (κ1) is 12.2. The summed E-state index contributed by atoms with van der Waals surface area (Å²) in [6.45, 7) is 2.05. The van der Waals surface area contributed by atoms with Gasteiger partial charge in [-0.25, -0.2) is 4.39 Å². The second-order valence-electron chi connectivity index (χ2n) is 4.51. The number of likely N-dealkylation sites (tertiary alicyclic amines) is 1. The van der Waals surface area contributed by atoms with Gasteiger partial charge in [0.2, 0.25) is 0 Å². The lowest BCUT2D eigenvalue weighted by Crippen LogP contribution is -2.28. The molecule has 0 bridgehead atoms. The monoisotopic (exact) mass is 237 g/mol. The number of rotatable bonds is 4. The van der Waals surface area contributed by atoms with Crippen molar-refractivity contribution < 1.29 is 14.3 Å². The van der Waals surface area contributed by atoms with Crippen molar-refractivity contribution in [3.05, 3.63) is 35.6 Å². The van der Waals surface area contributed by atoms with Crippen molar-refractivity contribution in [2.24, 2.45) is 5.92 Å². The third-order valence-corrected chi connectivity index (χ3v) is 3.14. The second-order valence-corrected chi connectivity index (χ2v) is 4.51. The highest BCUT2D eigenvalue weighted by atomic mass is 19.1. The van der Waals surface area contributed by atoms with E-state index in [1.165, 1.54) is 12.1 Å². The van der Waals surface area contributed by atoms with Gasteiger partial charge in [-0.1, -0.05) is 12.1 Å². The second kappa shape index (κ2) is 5.38. The molecule has 0 spiro atoms. The number of ketones is 1. The summed E-state index contributed by atoms with van der Waals surface area (Å²) in [4.78, 5) is 13.9. The largest absolute Gasteiger partial charge is 0.396 e. The van der Waals surface area contributed by atoms with Gasteiger partial charge in [-0.15, -0.1) is 0 Å². The summed E-state index contributed by atoms with van der Waals surface area (Å²) in [6, 6.07) is 5.77. The minimum absolute atomic E-state index is 0.0666. The van der Waals surface area contributed by atoms with Crippen LogP contribution in [0.2, 0.25) is 0 Å². The van der Waals surface area contributed by atoms with E-state index < -0.39 is 0 Å². The van der Waals surface area contributed by atoms with Crippen molar-refractivity contribution in [3.8, 4) is 0 Å². The number of Topliss-reactive ketones (excluding diaryl/α,β-unsaturated/α-hetero) is 1. The number of benzene rings is 1. The van der Waals surface area contributed by atoms with Crippen LogP contribution in [0.25, 0.3) is 0 Å². The summed E-state index contributed by atoms with van der Waals surface area (Å²) in [7, 11) is 0. The fraction of sp³-hybridized carbons (Fsp3) is 0.462. The number of aliphatic hydroxyl groups is 1. The average Bonchev–Trinajstić information content (AvgIpc) is 2.77. The van der Waals surface area contributed by atoms with Crippen molar-refractivity contribution >= 4 is 5.78 Å². The van der Waals surface area contributed by atoms with E-state index in [1.54, 1.807) is 12.1 Å². The molecule has 1 heterocycles. The maximum Gasteiger partial charge on any atom is 0.176 e. The lowest BCUT2D eigenvalue weighted by Gasteiger charge is -2.14. The highest BCUT2D eigenvalue weighted by molar-refractivity contribution is 5.97. The number of aliphatic hydroxyl groups excluding tert-OH is 1. The van der Waals surface area contributed by atoms with Crippen LogP contribution in [-0.2, 0) is 0 Å². The Morgan fingerprint density at radius 1 is 1.53 bits per heavy atom. The van der Waals surface area contributed by atoms with E-state index in [4.69, 9.17) is 5.11 Å². The van der Waals surface area contributed by atoms with Crippen LogP contribution in [0, 0.1) is 11.7 Å². The minimum Gasteiger partial charge on any atom is -0.396 e. The van der Waals surface area contributed by atoms with Crippen LogP contribution in [0.15, 0.2) is 24.3 Å². The van der Waals surface area contributed by atoms with E-state index in [9.17, 15) is 9.18 Å². The Hall–Kier alpha value is -1.26. The molecular weight excluding hydrogens is 221 g/mol. The topological polar surface area (TPSA) is 40.5 Å². The molecular formula is C13H16FNO2. The van der Waals surface area contributed by atoms with E-state index in [-0.39, 0.29) is 24.1 Å². The lowest BCUT2D eigenvalue weighted by atomic mass is 10.1. The van der Waals surface area contributed by atoms with Crippen LogP contribution in [0.3, 0.4) is 0 Å². The van der Waals surface area contributed by atoms with Gasteiger partial charge < -0.3 is 5.11 Å². The van der Waals surface area contributed by atoms with Gasteiger partial charge in [0.15, 0.2) is 5.78 Å². The molecule has 1 aliphatic rings. The van der Waals surface area contributed by atoms with Gasteiger partial charge in [-0.2, -0.15) is 0 Å². The van der Waals surface area contributed by atoms with Crippen LogP contribution in [0.5, 0.6) is 0 Å². The summed E-state index contributed by atoms with van der Waals surface area (Å²) >= 11 is 0. The van der Waals surface area contributed by atoms with Crippen molar-refractivity contribution in [3.63, 3.8) is 0 Å². The first-order valence-corrected chi connectivity index (χ1v) is 5.81. The maximum absolute atomic E-state index is 13.0. The fourth-order valence-electron chi connectivity index (χ4n) is 2.16. The Bertz CT molecular complexity index is 408. The number of carbonyl (C=O) groups is 1. The van der Waals surface area contributed by atoms with Crippen LogP contribution in [-0.4, -0.2) is 42.0 Å². The lowest BCUT2D eigenvalue weighted by molar-refractivity contribution is 0.0940. The molecule has 92 valence electrons. The number of carbonyl (C=O) groups excluding carboxylic acids is 1. The van der Waals surface area contributed by atoms with Crippen LogP contribution in [0.4, 0.5) is 4.39 Å². The molecule has 0 aliphatic carbocycles. The number of nitrogens with zero attached hydrogens (tertiary/aromatic N) is 1. The minimum atomic E-state index is -0.384. The summed E-state index contributed by atoms with van der Waals surface area (Å²) in [5.74, 6) is -0.177. The van der Waals surface area contributed by atoms with Crippen molar-refractivity contribution in [2.75, 3.05) is 26.2 Å². The van der Waals surface area contributed by atoms with Crippen molar-refractivity contribution in [1.82, 2.24) is 4.90 Å². The van der Waals surface area contributed by atoms with Gasteiger partial charge in [0.25, 0.3) is 0 Å². The summed E-state index contributed by atoms with van der Waals surface area (Å²) in [5, 5.41) is 9.01. The van der Waals surface area contributed by atoms with Gasteiger partial charge in [-0.05, 0) is 31.0 Å². The SMILES string of the molecule is O=C(CN1CCC(CO)C1)c1cccc(F)c1. The van der Waals surface area contributed by atoms with Gasteiger partial charge in [-0.3, -0.25) is 9.69 Å². The molecule has 1 atom stereocenters. The Morgan fingerprint density at radius 2 is 2.35 bits per heavy atom. The molecule has 1 aromatic carbocycles. The third-order valence-electron chi connectivity index (χ3n) is 3.14. The van der Waals surface area contributed by atoms with Crippen molar-refractivity contribution in [2.45, 2.75) is 6.42 Å². The van der Waals surface area contributed by atoms with Crippen LogP contribution < -0.4 is 0 Å². The average molecular weight is 237 g/mol. The van der Waals surface area contributed by atoms with Gasteiger partial charge >= 0.3 is 0 Å². The number of hydrogen-bond acceptors (Lipinski definition) is 3. The summed E-state index contributed by atoms with van der Waals surface area (Å²) in [5.41, 5.74) is 0.414. The zero-order valence-corrected chi connectivity index (χ0v) is 9.60. The van der Waals surface area contributed by atoms with Gasteiger partial charge in [0.1, 0.15) is 5.82 Å². The van der Waals surface area contributed by atoms with Gasteiger partial charge in [0.05, 0.1) is 6.54 Å². The fourth-order valence-corrected chi connectivity index (χ4v) is 2.16. The Labute approximate surface area is 99.9 Å². The third kappa shape index (κ3) is 3.11. The molecule has 2 rings (SSSR count). The molecule has 1 unspecified atom stereocenters. The van der Waals surface area contributed by atoms with Crippen molar-refractivity contribution in [1.29, 1.82) is 0 Å². The van der Waals surface area contributed by atoms with E-state index in [0.29, 0.717) is 12.1 Å². The number of hydrogen-bond donors (Lipinski definition) is 1. The molecule has 4 heteroatoms. The molecule has 0 saturated carbocycles. The predicted molar refractivity (Wildman–Crippen MR) is 62.4 cm³/mol. The Kier molecular flexibility index (Phi) is 3.86. The van der Waals surface area contributed by atoms with Crippen LogP contribution in [0.1, 0.15) is 16.8 Å². The molecule has 1 N–H and O–H groups in total.